The lowest BCUT2D eigenvalue weighted by Crippen LogP contribution is -2.10. The van der Waals surface area contributed by atoms with Crippen LogP contribution in [0.3, 0.4) is 0 Å². The van der Waals surface area contributed by atoms with Gasteiger partial charge in [0.05, 0.1) is 12.6 Å². The second-order valence-corrected chi connectivity index (χ2v) is 5.25. The Hall–Kier alpha value is -1.97. The zero-order valence-electron chi connectivity index (χ0n) is 13.2. The SMILES string of the molecule is CCCn1ccnc1CNc1cccc(OC(C)CC)c1. The summed E-state index contributed by atoms with van der Waals surface area (Å²) in [5, 5.41) is 3.41. The summed E-state index contributed by atoms with van der Waals surface area (Å²) in [6, 6.07) is 8.10. The molecule has 1 aromatic carbocycles. The second-order valence-electron chi connectivity index (χ2n) is 5.25. The molecule has 1 unspecified atom stereocenters. The summed E-state index contributed by atoms with van der Waals surface area (Å²) >= 11 is 0. The zero-order valence-corrected chi connectivity index (χ0v) is 13.2. The van der Waals surface area contributed by atoms with Crippen LogP contribution in [0, 0.1) is 0 Å². The molecule has 1 aromatic heterocycles. The summed E-state index contributed by atoms with van der Waals surface area (Å²) in [6.45, 7) is 8.11. The number of benzene rings is 1. The highest BCUT2D eigenvalue weighted by Gasteiger charge is 2.04. The van der Waals surface area contributed by atoms with Crippen molar-refractivity contribution in [3.8, 4) is 5.75 Å². The van der Waals surface area contributed by atoms with E-state index in [-0.39, 0.29) is 6.10 Å². The molecule has 0 saturated carbocycles. The van der Waals surface area contributed by atoms with Crippen LogP contribution in [0.15, 0.2) is 36.7 Å². The van der Waals surface area contributed by atoms with Crippen LogP contribution in [0.5, 0.6) is 5.75 Å². The first-order valence-electron chi connectivity index (χ1n) is 7.73. The highest BCUT2D eigenvalue weighted by atomic mass is 16.5. The molecule has 2 rings (SSSR count). The first-order chi connectivity index (χ1) is 10.2. The molecule has 1 N–H and O–H groups in total. The lowest BCUT2D eigenvalue weighted by molar-refractivity contribution is 0.217. The molecule has 0 saturated heterocycles. The summed E-state index contributed by atoms with van der Waals surface area (Å²) in [5.41, 5.74) is 1.06. The van der Waals surface area contributed by atoms with Crippen LogP contribution in [0.25, 0.3) is 0 Å². The van der Waals surface area contributed by atoms with Crippen molar-refractivity contribution in [3.05, 3.63) is 42.5 Å². The minimum absolute atomic E-state index is 0.240. The largest absolute Gasteiger partial charge is 0.491 e. The summed E-state index contributed by atoms with van der Waals surface area (Å²) in [6.07, 6.45) is 6.25. The Labute approximate surface area is 127 Å². The van der Waals surface area contributed by atoms with Crippen LogP contribution in [0.2, 0.25) is 0 Å². The molecule has 1 heterocycles. The predicted octanol–water partition coefficient (Wildman–Crippen LogP) is 4.08. The van der Waals surface area contributed by atoms with E-state index in [4.69, 9.17) is 4.74 Å². The van der Waals surface area contributed by atoms with Crippen molar-refractivity contribution in [1.82, 2.24) is 9.55 Å². The third-order valence-corrected chi connectivity index (χ3v) is 3.46. The molecule has 2 aromatic rings. The number of hydrogen-bond donors (Lipinski definition) is 1. The van der Waals surface area contributed by atoms with Crippen LogP contribution in [-0.4, -0.2) is 15.7 Å². The molecule has 0 aliphatic heterocycles. The molecular weight excluding hydrogens is 262 g/mol. The Kier molecular flexibility index (Phi) is 5.67. The fourth-order valence-electron chi connectivity index (χ4n) is 2.13. The number of imidazole rings is 1. The Morgan fingerprint density at radius 1 is 1.33 bits per heavy atom. The van der Waals surface area contributed by atoms with Crippen LogP contribution in [-0.2, 0) is 13.1 Å². The van der Waals surface area contributed by atoms with Crippen molar-refractivity contribution in [2.75, 3.05) is 5.32 Å². The van der Waals surface area contributed by atoms with Gasteiger partial charge in [-0.2, -0.15) is 0 Å². The fraction of sp³-hybridized carbons (Fsp3) is 0.471. The molecular formula is C17H25N3O. The van der Waals surface area contributed by atoms with Gasteiger partial charge in [0, 0.05) is 30.7 Å². The fourth-order valence-corrected chi connectivity index (χ4v) is 2.13. The minimum atomic E-state index is 0.240. The lowest BCUT2D eigenvalue weighted by atomic mass is 10.2. The maximum absolute atomic E-state index is 5.84. The highest BCUT2D eigenvalue weighted by molar-refractivity contribution is 5.48. The van der Waals surface area contributed by atoms with Gasteiger partial charge in [0.25, 0.3) is 0 Å². The smallest absolute Gasteiger partial charge is 0.128 e. The van der Waals surface area contributed by atoms with Gasteiger partial charge in [0.2, 0.25) is 0 Å². The van der Waals surface area contributed by atoms with Gasteiger partial charge < -0.3 is 14.6 Å². The van der Waals surface area contributed by atoms with Crippen LogP contribution in [0.1, 0.15) is 39.4 Å². The van der Waals surface area contributed by atoms with E-state index in [1.54, 1.807) is 0 Å². The van der Waals surface area contributed by atoms with E-state index < -0.39 is 0 Å². The normalized spacial score (nSPS) is 12.1. The van der Waals surface area contributed by atoms with E-state index in [0.29, 0.717) is 0 Å². The summed E-state index contributed by atoms with van der Waals surface area (Å²) in [5.74, 6) is 1.97. The average Bonchev–Trinajstić information content (AvgIpc) is 2.93. The molecule has 4 nitrogen and oxygen atoms in total. The highest BCUT2D eigenvalue weighted by Crippen LogP contribution is 2.19. The topological polar surface area (TPSA) is 39.1 Å². The number of anilines is 1. The lowest BCUT2D eigenvalue weighted by Gasteiger charge is -2.14. The maximum atomic E-state index is 5.84. The van der Waals surface area contributed by atoms with E-state index >= 15 is 0 Å². The number of nitrogens with one attached hydrogen (secondary N) is 1. The number of ether oxygens (including phenoxy) is 1. The van der Waals surface area contributed by atoms with Gasteiger partial charge in [-0.3, -0.25) is 0 Å². The van der Waals surface area contributed by atoms with Gasteiger partial charge in [0.1, 0.15) is 11.6 Å². The number of nitrogens with zero attached hydrogens (tertiary/aromatic N) is 2. The minimum Gasteiger partial charge on any atom is -0.491 e. The molecule has 4 heteroatoms. The summed E-state index contributed by atoms with van der Waals surface area (Å²) in [4.78, 5) is 4.40. The van der Waals surface area contributed by atoms with Crippen LogP contribution >= 0.6 is 0 Å². The predicted molar refractivity (Wildman–Crippen MR) is 86.7 cm³/mol. The Balaban J connectivity index is 1.96. The zero-order chi connectivity index (χ0) is 15.1. The van der Waals surface area contributed by atoms with E-state index in [1.807, 2.05) is 30.6 Å². The molecule has 0 bridgehead atoms. The van der Waals surface area contributed by atoms with Crippen LogP contribution in [0.4, 0.5) is 5.69 Å². The van der Waals surface area contributed by atoms with E-state index in [0.717, 1.165) is 43.2 Å². The number of hydrogen-bond acceptors (Lipinski definition) is 3. The van der Waals surface area contributed by atoms with Gasteiger partial charge in [-0.05, 0) is 31.9 Å². The molecule has 21 heavy (non-hydrogen) atoms. The third-order valence-electron chi connectivity index (χ3n) is 3.46. The Bertz CT molecular complexity index is 550. The summed E-state index contributed by atoms with van der Waals surface area (Å²) in [7, 11) is 0. The average molecular weight is 287 g/mol. The molecule has 0 aliphatic rings. The number of aromatic nitrogens is 2. The van der Waals surface area contributed by atoms with Crippen molar-refractivity contribution in [2.24, 2.45) is 0 Å². The van der Waals surface area contributed by atoms with Crippen molar-refractivity contribution >= 4 is 5.69 Å². The van der Waals surface area contributed by atoms with Crippen molar-refractivity contribution < 1.29 is 4.74 Å². The molecule has 114 valence electrons. The number of rotatable bonds is 8. The van der Waals surface area contributed by atoms with Gasteiger partial charge in [0.15, 0.2) is 0 Å². The molecule has 1 atom stereocenters. The third kappa shape index (κ3) is 4.52. The quantitative estimate of drug-likeness (QED) is 0.795. The molecule has 0 aliphatic carbocycles. The Morgan fingerprint density at radius 3 is 2.95 bits per heavy atom. The summed E-state index contributed by atoms with van der Waals surface area (Å²) < 4.78 is 8.03. The second kappa shape index (κ2) is 7.72. The Morgan fingerprint density at radius 2 is 2.19 bits per heavy atom. The van der Waals surface area contributed by atoms with Gasteiger partial charge >= 0.3 is 0 Å². The first kappa shape index (κ1) is 15.4. The molecule has 0 amide bonds. The van der Waals surface area contributed by atoms with E-state index in [2.05, 4.69) is 41.7 Å². The number of aryl methyl sites for hydroxylation is 1. The van der Waals surface area contributed by atoms with Gasteiger partial charge in [-0.25, -0.2) is 4.98 Å². The maximum Gasteiger partial charge on any atom is 0.128 e. The standard InChI is InChI=1S/C17H25N3O/c1-4-10-20-11-9-18-17(20)13-19-15-7-6-8-16(12-15)21-14(3)5-2/h6-9,11-12,14,19H,4-5,10,13H2,1-3H3. The molecule has 0 fully saturated rings. The van der Waals surface area contributed by atoms with Gasteiger partial charge in [-0.1, -0.05) is 19.9 Å². The van der Waals surface area contributed by atoms with E-state index in [9.17, 15) is 0 Å². The monoisotopic (exact) mass is 287 g/mol. The molecule has 0 radical (unpaired) electrons. The van der Waals surface area contributed by atoms with Crippen molar-refractivity contribution in [3.63, 3.8) is 0 Å². The van der Waals surface area contributed by atoms with Crippen molar-refractivity contribution in [1.29, 1.82) is 0 Å². The van der Waals surface area contributed by atoms with E-state index in [1.165, 1.54) is 0 Å². The first-order valence-corrected chi connectivity index (χ1v) is 7.73. The molecule has 0 spiro atoms. The van der Waals surface area contributed by atoms with Crippen LogP contribution < -0.4 is 10.1 Å². The van der Waals surface area contributed by atoms with Crippen molar-refractivity contribution in [2.45, 2.75) is 52.8 Å². The van der Waals surface area contributed by atoms with Gasteiger partial charge in [-0.15, -0.1) is 0 Å².